The zero-order valence-electron chi connectivity index (χ0n) is 25.4. The van der Waals surface area contributed by atoms with Gasteiger partial charge in [0, 0.05) is 0 Å². The van der Waals surface area contributed by atoms with Crippen molar-refractivity contribution in [1.82, 2.24) is 0 Å². The number of rotatable bonds is 3. The number of hydrogen-bond acceptors (Lipinski definition) is 5. The molecular formula is C32H52O5S. The predicted molar refractivity (Wildman–Crippen MR) is 151 cm³/mol. The van der Waals surface area contributed by atoms with Crippen molar-refractivity contribution in [2.45, 2.75) is 119 Å². The molecule has 6 heteroatoms. The predicted octanol–water partition coefficient (Wildman–Crippen LogP) is 7.31. The van der Waals surface area contributed by atoms with Crippen LogP contribution in [0, 0.1) is 50.2 Å². The summed E-state index contributed by atoms with van der Waals surface area (Å²) < 4.78 is 35.4. The Morgan fingerprint density at radius 2 is 1.55 bits per heavy atom. The summed E-state index contributed by atoms with van der Waals surface area (Å²) in [6.45, 7) is 16.8. The van der Waals surface area contributed by atoms with Gasteiger partial charge in [0.15, 0.2) is 0 Å². The van der Waals surface area contributed by atoms with Crippen LogP contribution in [0.2, 0.25) is 0 Å². The van der Waals surface area contributed by atoms with E-state index in [1.807, 2.05) is 0 Å². The van der Waals surface area contributed by atoms with Crippen LogP contribution in [0.4, 0.5) is 0 Å². The number of methoxy groups -OCH3 is 1. The molecule has 0 aromatic carbocycles. The first-order valence-electron chi connectivity index (χ1n) is 15.0. The minimum absolute atomic E-state index is 0.00912. The second-order valence-electron chi connectivity index (χ2n) is 16.0. The Morgan fingerprint density at radius 1 is 0.895 bits per heavy atom. The van der Waals surface area contributed by atoms with Gasteiger partial charge in [-0.1, -0.05) is 60.1 Å². The fraction of sp³-hybridized carbons (Fsp3) is 0.906. The highest BCUT2D eigenvalue weighted by Gasteiger charge is 2.69. The third-order valence-corrected chi connectivity index (χ3v) is 14.0. The molecule has 5 aliphatic rings. The number of esters is 1. The van der Waals surface area contributed by atoms with Gasteiger partial charge >= 0.3 is 5.97 Å². The Labute approximate surface area is 232 Å². The maximum absolute atomic E-state index is 13.4. The SMILES string of the molecule is COC(=O)[C@]12CCC(C)(C)C[C@H]1C1=CC[C@@H]3[C@@]4(C)CC[C@H](OS(C)(=O)=O)C(C)(C)[C@@H]4CC[C@@]3(C)[C@]1(C)CC2. The summed E-state index contributed by atoms with van der Waals surface area (Å²) in [5.74, 6) is 1.22. The van der Waals surface area contributed by atoms with Crippen LogP contribution < -0.4 is 0 Å². The van der Waals surface area contributed by atoms with Gasteiger partial charge in [0.25, 0.3) is 10.1 Å². The molecule has 0 N–H and O–H groups in total. The minimum Gasteiger partial charge on any atom is -0.469 e. The lowest BCUT2D eigenvalue weighted by atomic mass is 9.33. The molecule has 216 valence electrons. The van der Waals surface area contributed by atoms with Crippen LogP contribution in [0.15, 0.2) is 11.6 Å². The van der Waals surface area contributed by atoms with Crippen molar-refractivity contribution in [2.75, 3.05) is 13.4 Å². The van der Waals surface area contributed by atoms with Gasteiger partial charge in [-0.2, -0.15) is 8.42 Å². The normalized spacial score (nSPS) is 47.4. The summed E-state index contributed by atoms with van der Waals surface area (Å²) in [5, 5.41) is 0. The Kier molecular flexibility index (Phi) is 6.46. The van der Waals surface area contributed by atoms with E-state index in [1.165, 1.54) is 6.26 Å². The maximum Gasteiger partial charge on any atom is 0.312 e. The van der Waals surface area contributed by atoms with E-state index in [-0.39, 0.29) is 50.5 Å². The highest BCUT2D eigenvalue weighted by atomic mass is 32.2. The lowest BCUT2D eigenvalue weighted by Gasteiger charge is -2.71. The highest BCUT2D eigenvalue weighted by molar-refractivity contribution is 7.86. The summed E-state index contributed by atoms with van der Waals surface area (Å²) in [4.78, 5) is 13.4. The monoisotopic (exact) mass is 548 g/mol. The van der Waals surface area contributed by atoms with Crippen LogP contribution in [-0.2, 0) is 23.8 Å². The molecule has 5 nitrogen and oxygen atoms in total. The maximum atomic E-state index is 13.4. The number of fused-ring (bicyclic) bond motifs is 7. The van der Waals surface area contributed by atoms with Gasteiger partial charge in [0.1, 0.15) is 0 Å². The molecule has 0 heterocycles. The van der Waals surface area contributed by atoms with Crippen LogP contribution in [-0.4, -0.2) is 33.9 Å². The molecule has 5 rings (SSSR count). The first-order chi connectivity index (χ1) is 17.4. The number of carbonyl (C=O) groups is 1. The lowest BCUT2D eigenvalue weighted by molar-refractivity contribution is -0.202. The lowest BCUT2D eigenvalue weighted by Crippen LogP contribution is -2.65. The molecule has 0 unspecified atom stereocenters. The van der Waals surface area contributed by atoms with Crippen LogP contribution in [0.25, 0.3) is 0 Å². The molecule has 4 saturated carbocycles. The zero-order valence-corrected chi connectivity index (χ0v) is 26.2. The minimum atomic E-state index is -3.50. The van der Waals surface area contributed by atoms with Crippen molar-refractivity contribution >= 4 is 16.1 Å². The first-order valence-corrected chi connectivity index (χ1v) is 16.9. The van der Waals surface area contributed by atoms with Crippen LogP contribution in [0.1, 0.15) is 113 Å². The van der Waals surface area contributed by atoms with Gasteiger partial charge in [0.2, 0.25) is 0 Å². The van der Waals surface area contributed by atoms with Gasteiger partial charge < -0.3 is 4.74 Å². The number of allylic oxidation sites excluding steroid dienone is 2. The topological polar surface area (TPSA) is 69.7 Å². The molecule has 0 saturated heterocycles. The van der Waals surface area contributed by atoms with Crippen LogP contribution in [0.5, 0.6) is 0 Å². The Morgan fingerprint density at radius 3 is 2.18 bits per heavy atom. The summed E-state index contributed by atoms with van der Waals surface area (Å²) in [6.07, 6.45) is 13.6. The molecule has 0 amide bonds. The molecule has 38 heavy (non-hydrogen) atoms. The molecule has 0 aromatic rings. The van der Waals surface area contributed by atoms with E-state index in [4.69, 9.17) is 8.92 Å². The van der Waals surface area contributed by atoms with Crippen LogP contribution in [0.3, 0.4) is 0 Å². The van der Waals surface area contributed by atoms with Gasteiger partial charge in [0.05, 0.1) is 24.9 Å². The van der Waals surface area contributed by atoms with E-state index in [9.17, 15) is 13.2 Å². The van der Waals surface area contributed by atoms with Gasteiger partial charge in [-0.15, -0.1) is 0 Å². The smallest absolute Gasteiger partial charge is 0.312 e. The van der Waals surface area contributed by atoms with E-state index in [1.54, 1.807) is 12.7 Å². The quantitative estimate of drug-likeness (QED) is 0.210. The van der Waals surface area contributed by atoms with Crippen molar-refractivity contribution in [2.24, 2.45) is 50.2 Å². The molecule has 0 bridgehead atoms. The van der Waals surface area contributed by atoms with E-state index in [2.05, 4.69) is 54.5 Å². The van der Waals surface area contributed by atoms with Gasteiger partial charge in [-0.3, -0.25) is 8.98 Å². The highest BCUT2D eigenvalue weighted by Crippen LogP contribution is 2.76. The number of ether oxygens (including phenoxy) is 1. The van der Waals surface area contributed by atoms with Crippen molar-refractivity contribution in [3.8, 4) is 0 Å². The molecule has 0 aromatic heterocycles. The van der Waals surface area contributed by atoms with E-state index in [0.717, 1.165) is 64.2 Å². The second-order valence-corrected chi connectivity index (χ2v) is 17.6. The second kappa shape index (κ2) is 8.57. The van der Waals surface area contributed by atoms with Crippen LogP contribution >= 0.6 is 0 Å². The van der Waals surface area contributed by atoms with Gasteiger partial charge in [-0.25, -0.2) is 0 Å². The van der Waals surface area contributed by atoms with E-state index in [0.29, 0.717) is 11.8 Å². The molecule has 8 atom stereocenters. The van der Waals surface area contributed by atoms with Crippen molar-refractivity contribution in [3.05, 3.63) is 11.6 Å². The van der Waals surface area contributed by atoms with Crippen molar-refractivity contribution in [1.29, 1.82) is 0 Å². The third kappa shape index (κ3) is 3.84. The Balaban J connectivity index is 1.55. The molecular weight excluding hydrogens is 496 g/mol. The fourth-order valence-corrected chi connectivity index (χ4v) is 11.9. The fourth-order valence-electron chi connectivity index (χ4n) is 11.2. The average molecular weight is 549 g/mol. The number of carbonyl (C=O) groups excluding carboxylic acids is 1. The zero-order chi connectivity index (χ0) is 28.2. The van der Waals surface area contributed by atoms with E-state index >= 15 is 0 Å². The Bertz CT molecular complexity index is 1140. The average Bonchev–Trinajstić information content (AvgIpc) is 2.80. The summed E-state index contributed by atoms with van der Waals surface area (Å²) in [6, 6.07) is 0. The largest absolute Gasteiger partial charge is 0.469 e. The van der Waals surface area contributed by atoms with Gasteiger partial charge in [-0.05, 0) is 109 Å². The standard InChI is InChI=1S/C32H52O5S/c1-27(2)16-18-32(26(33)36-8)19-17-30(6)21(22(32)20-27)10-11-24-29(5)14-13-25(37-38(9,34)35)28(3,4)23(29)12-15-31(24,30)7/h10,22-25H,11-20H2,1-9H3/t22-,23-,24+,25-,29-,30+,31+,32-/m0/s1. The first kappa shape index (κ1) is 28.6. The third-order valence-electron chi connectivity index (χ3n) is 13.5. The summed E-state index contributed by atoms with van der Waals surface area (Å²) >= 11 is 0. The molecule has 0 aliphatic heterocycles. The molecule has 5 aliphatic carbocycles. The molecule has 0 spiro atoms. The van der Waals surface area contributed by atoms with Crippen molar-refractivity contribution < 1.29 is 22.1 Å². The number of hydrogen-bond donors (Lipinski definition) is 0. The summed E-state index contributed by atoms with van der Waals surface area (Å²) in [5.41, 5.74) is 1.53. The summed E-state index contributed by atoms with van der Waals surface area (Å²) in [7, 11) is -1.93. The molecule has 0 radical (unpaired) electrons. The Hall–Kier alpha value is -0.880. The van der Waals surface area contributed by atoms with Crippen molar-refractivity contribution in [3.63, 3.8) is 0 Å². The molecule has 4 fully saturated rings. The van der Waals surface area contributed by atoms with E-state index < -0.39 is 10.1 Å².